The summed E-state index contributed by atoms with van der Waals surface area (Å²) in [4.78, 5) is 11.5. The Balaban J connectivity index is 1.50. The summed E-state index contributed by atoms with van der Waals surface area (Å²) in [5, 5.41) is 6.83. The maximum Gasteiger partial charge on any atom is 0.231 e. The predicted molar refractivity (Wildman–Crippen MR) is 121 cm³/mol. The van der Waals surface area contributed by atoms with Crippen molar-refractivity contribution in [3.05, 3.63) is 47.4 Å². The third-order valence-corrected chi connectivity index (χ3v) is 5.35. The lowest BCUT2D eigenvalue weighted by atomic mass is 9.92. The molecule has 0 bridgehead atoms. The van der Waals surface area contributed by atoms with Gasteiger partial charge in [0.1, 0.15) is 11.6 Å². The molecule has 2 atom stereocenters. The Hall–Kier alpha value is -2.28. The number of benzene rings is 1. The molecule has 0 amide bonds. The summed E-state index contributed by atoms with van der Waals surface area (Å²) in [6, 6.07) is 8.65. The molecule has 5 nitrogen and oxygen atoms in total. The van der Waals surface area contributed by atoms with Crippen LogP contribution in [0.3, 0.4) is 0 Å². The maximum atomic E-state index is 12.9. The fourth-order valence-corrected chi connectivity index (χ4v) is 4.10. The number of piperidine rings is 1. The van der Waals surface area contributed by atoms with Gasteiger partial charge in [-0.2, -0.15) is 4.98 Å². The number of aromatic nitrogens is 2. The number of rotatable bonds is 6. The Kier molecular flexibility index (Phi) is 7.36. The fraction of sp³-hybridized carbons (Fsp3) is 0.500. The molecule has 2 heterocycles. The highest BCUT2D eigenvalue weighted by Crippen LogP contribution is 2.26. The number of aryl methyl sites for hydroxylation is 2. The van der Waals surface area contributed by atoms with E-state index in [9.17, 15) is 4.39 Å². The number of halogens is 1. The van der Waals surface area contributed by atoms with Crippen LogP contribution >= 0.6 is 12.2 Å². The van der Waals surface area contributed by atoms with Gasteiger partial charge in [0.2, 0.25) is 5.95 Å². The molecule has 0 spiro atoms. The molecule has 1 aromatic heterocycles. The molecule has 0 radical (unpaired) electrons. The third-order valence-electron chi connectivity index (χ3n) is 5.10. The molecule has 156 valence electrons. The van der Waals surface area contributed by atoms with E-state index >= 15 is 0 Å². The lowest BCUT2D eigenvalue weighted by Crippen LogP contribution is -2.39. The van der Waals surface area contributed by atoms with Gasteiger partial charge in [-0.3, -0.25) is 0 Å². The van der Waals surface area contributed by atoms with Crippen LogP contribution in [0.2, 0.25) is 0 Å². The molecule has 0 saturated carbocycles. The minimum atomic E-state index is -0.205. The van der Waals surface area contributed by atoms with E-state index in [2.05, 4.69) is 34.4 Å². The van der Waals surface area contributed by atoms with E-state index in [1.165, 1.54) is 18.6 Å². The van der Waals surface area contributed by atoms with Crippen molar-refractivity contribution in [2.24, 2.45) is 11.8 Å². The summed E-state index contributed by atoms with van der Waals surface area (Å²) in [5.74, 6) is 2.60. The van der Waals surface area contributed by atoms with Gasteiger partial charge in [0.05, 0.1) is 0 Å². The Morgan fingerprint density at radius 1 is 1.17 bits per heavy atom. The highest BCUT2D eigenvalue weighted by atomic mass is 32.1. The van der Waals surface area contributed by atoms with Crippen LogP contribution in [0.4, 0.5) is 16.2 Å². The van der Waals surface area contributed by atoms with Crippen molar-refractivity contribution in [3.8, 4) is 0 Å². The molecule has 2 aromatic rings. The van der Waals surface area contributed by atoms with Crippen molar-refractivity contribution < 1.29 is 4.39 Å². The van der Waals surface area contributed by atoms with E-state index in [-0.39, 0.29) is 5.82 Å². The van der Waals surface area contributed by atoms with Crippen LogP contribution in [0.25, 0.3) is 0 Å². The molecular formula is C22H30FN5S. The summed E-state index contributed by atoms with van der Waals surface area (Å²) < 4.78 is 12.9. The Labute approximate surface area is 178 Å². The number of hydrogen-bond acceptors (Lipinski definition) is 4. The second-order valence-corrected chi connectivity index (χ2v) is 8.56. The van der Waals surface area contributed by atoms with Crippen molar-refractivity contribution >= 4 is 29.1 Å². The number of hydrogen-bond donors (Lipinski definition) is 2. The zero-order chi connectivity index (χ0) is 20.8. The van der Waals surface area contributed by atoms with Gasteiger partial charge in [0.25, 0.3) is 0 Å². The lowest BCUT2D eigenvalue weighted by molar-refractivity contribution is 0.355. The molecular weight excluding hydrogens is 385 g/mol. The number of anilines is 2. The van der Waals surface area contributed by atoms with Gasteiger partial charge in [0.15, 0.2) is 5.11 Å². The van der Waals surface area contributed by atoms with Crippen LogP contribution in [-0.4, -0.2) is 34.7 Å². The highest BCUT2D eigenvalue weighted by Gasteiger charge is 2.23. The number of nitrogens with zero attached hydrogens (tertiary/aromatic N) is 3. The zero-order valence-corrected chi connectivity index (χ0v) is 18.2. The van der Waals surface area contributed by atoms with Gasteiger partial charge in [0, 0.05) is 31.4 Å². The predicted octanol–water partition coefficient (Wildman–Crippen LogP) is 4.33. The summed E-state index contributed by atoms with van der Waals surface area (Å²) >= 11 is 5.40. The van der Waals surface area contributed by atoms with Gasteiger partial charge in [-0.05, 0) is 67.9 Å². The standard InChI is InChI=1S/C22H30FN5S/c1-15-11-16(2)14-28(13-15)20-12-17(3)25-21(26-20)27-22(29)24-10-4-5-18-6-8-19(23)9-7-18/h6-9,12,15-16H,4-5,10-11,13-14H2,1-3H3,(H2,24,25,26,27,29)/t15-,16-/m1/s1. The minimum Gasteiger partial charge on any atom is -0.362 e. The van der Waals surface area contributed by atoms with Crippen LogP contribution in [0.15, 0.2) is 30.3 Å². The van der Waals surface area contributed by atoms with Gasteiger partial charge < -0.3 is 15.5 Å². The van der Waals surface area contributed by atoms with Crippen molar-refractivity contribution in [2.75, 3.05) is 29.9 Å². The van der Waals surface area contributed by atoms with Crippen molar-refractivity contribution in [1.82, 2.24) is 15.3 Å². The van der Waals surface area contributed by atoms with E-state index in [1.54, 1.807) is 0 Å². The fourth-order valence-electron chi connectivity index (χ4n) is 3.91. The second kappa shape index (κ2) is 9.96. The molecule has 7 heteroatoms. The normalized spacial score (nSPS) is 19.1. The van der Waals surface area contributed by atoms with Crippen molar-refractivity contribution in [3.63, 3.8) is 0 Å². The molecule has 2 N–H and O–H groups in total. The van der Waals surface area contributed by atoms with Crippen molar-refractivity contribution in [2.45, 2.75) is 40.0 Å². The van der Waals surface area contributed by atoms with E-state index in [0.717, 1.165) is 49.6 Å². The number of nitrogens with one attached hydrogen (secondary N) is 2. The molecule has 3 rings (SSSR count). The van der Waals surface area contributed by atoms with E-state index < -0.39 is 0 Å². The Morgan fingerprint density at radius 2 is 1.86 bits per heavy atom. The van der Waals surface area contributed by atoms with Gasteiger partial charge in [-0.25, -0.2) is 9.37 Å². The van der Waals surface area contributed by atoms with E-state index in [0.29, 0.717) is 22.9 Å². The highest BCUT2D eigenvalue weighted by molar-refractivity contribution is 7.80. The van der Waals surface area contributed by atoms with Crippen LogP contribution in [-0.2, 0) is 6.42 Å². The minimum absolute atomic E-state index is 0.205. The first-order valence-electron chi connectivity index (χ1n) is 10.3. The third kappa shape index (κ3) is 6.63. The first-order chi connectivity index (χ1) is 13.9. The summed E-state index contributed by atoms with van der Waals surface area (Å²) in [6.07, 6.45) is 3.03. The molecule has 0 aliphatic carbocycles. The van der Waals surface area contributed by atoms with Crippen LogP contribution in [0, 0.1) is 24.6 Å². The maximum absolute atomic E-state index is 12.9. The molecule has 0 unspecified atom stereocenters. The smallest absolute Gasteiger partial charge is 0.231 e. The van der Waals surface area contributed by atoms with Crippen LogP contribution in [0.5, 0.6) is 0 Å². The monoisotopic (exact) mass is 415 g/mol. The average Bonchev–Trinajstić information content (AvgIpc) is 2.65. The van der Waals surface area contributed by atoms with Gasteiger partial charge in [-0.15, -0.1) is 0 Å². The summed E-state index contributed by atoms with van der Waals surface area (Å²) in [5.41, 5.74) is 2.03. The zero-order valence-electron chi connectivity index (χ0n) is 17.4. The molecule has 1 aromatic carbocycles. The van der Waals surface area contributed by atoms with E-state index in [1.807, 2.05) is 25.1 Å². The Morgan fingerprint density at radius 3 is 2.55 bits per heavy atom. The molecule has 1 aliphatic rings. The summed E-state index contributed by atoms with van der Waals surface area (Å²) in [7, 11) is 0. The second-order valence-electron chi connectivity index (χ2n) is 8.15. The van der Waals surface area contributed by atoms with E-state index in [4.69, 9.17) is 17.2 Å². The summed E-state index contributed by atoms with van der Waals surface area (Å²) in [6.45, 7) is 9.33. The van der Waals surface area contributed by atoms with Gasteiger partial charge >= 0.3 is 0 Å². The molecule has 1 aliphatic heterocycles. The molecule has 29 heavy (non-hydrogen) atoms. The average molecular weight is 416 g/mol. The largest absolute Gasteiger partial charge is 0.362 e. The number of thiocarbonyl (C=S) groups is 1. The van der Waals surface area contributed by atoms with Gasteiger partial charge in [-0.1, -0.05) is 26.0 Å². The topological polar surface area (TPSA) is 53.1 Å². The quantitative estimate of drug-likeness (QED) is 0.541. The first kappa shape index (κ1) is 21.4. The SMILES string of the molecule is Cc1cc(N2C[C@H](C)C[C@@H](C)C2)nc(NC(=S)NCCCc2ccc(F)cc2)n1. The van der Waals surface area contributed by atoms with Crippen LogP contribution < -0.4 is 15.5 Å². The van der Waals surface area contributed by atoms with Crippen molar-refractivity contribution in [1.29, 1.82) is 0 Å². The van der Waals surface area contributed by atoms with Crippen LogP contribution in [0.1, 0.15) is 37.9 Å². The molecule has 1 fully saturated rings. The Bertz CT molecular complexity index is 816. The first-order valence-corrected chi connectivity index (χ1v) is 10.7. The lowest BCUT2D eigenvalue weighted by Gasteiger charge is -2.36. The molecule has 1 saturated heterocycles.